The third-order valence-corrected chi connectivity index (χ3v) is 8.09. The fourth-order valence-corrected chi connectivity index (χ4v) is 5.19. The van der Waals surface area contributed by atoms with E-state index in [9.17, 15) is 14.2 Å². The van der Waals surface area contributed by atoms with E-state index in [1.54, 1.807) is 0 Å². The van der Waals surface area contributed by atoms with Gasteiger partial charge in [0.1, 0.15) is 6.61 Å². The molecule has 0 unspecified atom stereocenters. The predicted molar refractivity (Wildman–Crippen MR) is 193 cm³/mol. The van der Waals surface area contributed by atoms with Crippen LogP contribution in [-0.2, 0) is 28.2 Å². The summed E-state index contributed by atoms with van der Waals surface area (Å²) in [6, 6.07) is 0. The Hall–Kier alpha value is -1.99. The second kappa shape index (κ2) is 33.9. The van der Waals surface area contributed by atoms with Gasteiger partial charge in [0.05, 0.1) is 6.61 Å². The van der Waals surface area contributed by atoms with E-state index in [4.69, 9.17) is 19.3 Å². The molecule has 0 aromatic rings. The summed E-state index contributed by atoms with van der Waals surface area (Å²) in [7, 11) is -4.76. The van der Waals surface area contributed by atoms with Gasteiger partial charge in [-0.15, -0.1) is 0 Å². The summed E-state index contributed by atoms with van der Waals surface area (Å²) in [6.07, 6.45) is 39.8. The lowest BCUT2D eigenvalue weighted by molar-refractivity contribution is -0.161. The molecule has 0 fully saturated rings. The van der Waals surface area contributed by atoms with Crippen LogP contribution in [0.1, 0.15) is 162 Å². The van der Waals surface area contributed by atoms with Crippen molar-refractivity contribution in [3.05, 3.63) is 48.6 Å². The van der Waals surface area contributed by atoms with Crippen molar-refractivity contribution < 1.29 is 37.9 Å². The molecule has 0 amide bonds. The Kier molecular flexibility index (Phi) is 32.5. The Labute approximate surface area is 286 Å². The molecule has 8 nitrogen and oxygen atoms in total. The minimum absolute atomic E-state index is 0.174. The van der Waals surface area contributed by atoms with E-state index in [2.05, 4.69) is 67.0 Å². The van der Waals surface area contributed by atoms with E-state index >= 15 is 0 Å². The molecule has 0 aliphatic heterocycles. The van der Waals surface area contributed by atoms with Crippen molar-refractivity contribution in [1.82, 2.24) is 0 Å². The molecular weight excluding hydrogens is 615 g/mol. The summed E-state index contributed by atoms with van der Waals surface area (Å²) in [4.78, 5) is 42.6. The van der Waals surface area contributed by atoms with Crippen LogP contribution in [-0.4, -0.2) is 41.0 Å². The highest BCUT2D eigenvalue weighted by molar-refractivity contribution is 7.46. The molecule has 1 atom stereocenters. The zero-order valence-corrected chi connectivity index (χ0v) is 30.6. The third kappa shape index (κ3) is 36.7. The Morgan fingerprint density at radius 1 is 0.553 bits per heavy atom. The molecule has 0 bridgehead atoms. The minimum Gasteiger partial charge on any atom is -0.462 e. The van der Waals surface area contributed by atoms with Crippen LogP contribution in [0.3, 0.4) is 0 Å². The van der Waals surface area contributed by atoms with Gasteiger partial charge in [0, 0.05) is 12.8 Å². The topological polar surface area (TPSA) is 119 Å². The van der Waals surface area contributed by atoms with E-state index < -0.39 is 32.5 Å². The first-order valence-corrected chi connectivity index (χ1v) is 20.0. The molecule has 0 heterocycles. The van der Waals surface area contributed by atoms with Gasteiger partial charge in [-0.2, -0.15) is 0 Å². The van der Waals surface area contributed by atoms with Gasteiger partial charge in [-0.05, 0) is 57.8 Å². The van der Waals surface area contributed by atoms with E-state index in [-0.39, 0.29) is 19.4 Å². The standard InChI is InChI=1S/C38H67O8P/c1-3-5-7-9-11-13-15-16-17-18-19-20-21-22-23-25-27-29-31-33-38(40)46-36(35-45-47(41,42)43)34-44-37(39)32-30-28-26-24-14-12-10-8-6-4-2/h11,13,16-17,19-20,22-23,36H,3-10,12,14-15,18,21,24-35H2,1-2H3,(H2,41,42,43)/b13-11+,17-16+,20-19+,23-22+/t36-/m1/s1. The first-order valence-electron chi connectivity index (χ1n) is 18.4. The Balaban J connectivity index is 4.05. The first-order chi connectivity index (χ1) is 22.8. The number of ether oxygens (including phenoxy) is 2. The van der Waals surface area contributed by atoms with Gasteiger partial charge in [-0.3, -0.25) is 14.1 Å². The maximum Gasteiger partial charge on any atom is 0.469 e. The highest BCUT2D eigenvalue weighted by atomic mass is 31.2. The number of phosphoric ester groups is 1. The second-order valence-electron chi connectivity index (χ2n) is 12.2. The van der Waals surface area contributed by atoms with Crippen molar-refractivity contribution in [2.45, 2.75) is 168 Å². The number of rotatable bonds is 33. The Bertz CT molecular complexity index is 905. The summed E-state index contributed by atoms with van der Waals surface area (Å²) in [6.45, 7) is 3.59. The molecule has 272 valence electrons. The van der Waals surface area contributed by atoms with Gasteiger partial charge in [0.2, 0.25) is 0 Å². The molecule has 0 rings (SSSR count). The van der Waals surface area contributed by atoms with Crippen LogP contribution in [0.25, 0.3) is 0 Å². The quantitative estimate of drug-likeness (QED) is 0.0304. The maximum absolute atomic E-state index is 12.3. The minimum atomic E-state index is -4.76. The van der Waals surface area contributed by atoms with E-state index in [0.717, 1.165) is 57.8 Å². The van der Waals surface area contributed by atoms with Crippen LogP contribution in [0.2, 0.25) is 0 Å². The van der Waals surface area contributed by atoms with Gasteiger partial charge >= 0.3 is 19.8 Å². The van der Waals surface area contributed by atoms with E-state index in [1.807, 2.05) is 0 Å². The average molecular weight is 683 g/mol. The highest BCUT2D eigenvalue weighted by Crippen LogP contribution is 2.36. The Morgan fingerprint density at radius 2 is 0.957 bits per heavy atom. The van der Waals surface area contributed by atoms with Crippen LogP contribution in [0, 0.1) is 0 Å². The van der Waals surface area contributed by atoms with Gasteiger partial charge in [0.25, 0.3) is 0 Å². The molecule has 0 spiro atoms. The van der Waals surface area contributed by atoms with Crippen molar-refractivity contribution in [3.63, 3.8) is 0 Å². The van der Waals surface area contributed by atoms with Crippen molar-refractivity contribution in [2.75, 3.05) is 13.2 Å². The number of phosphoric acid groups is 1. The summed E-state index contributed by atoms with van der Waals surface area (Å²) < 4.78 is 26.2. The number of allylic oxidation sites excluding steroid dienone is 8. The zero-order chi connectivity index (χ0) is 34.7. The number of unbranched alkanes of at least 4 members (excludes halogenated alkanes) is 15. The molecule has 0 saturated heterocycles. The Morgan fingerprint density at radius 3 is 1.47 bits per heavy atom. The molecular formula is C38H67O8P. The van der Waals surface area contributed by atoms with Gasteiger partial charge < -0.3 is 19.3 Å². The lowest BCUT2D eigenvalue weighted by Gasteiger charge is -2.18. The third-order valence-electron chi connectivity index (χ3n) is 7.60. The maximum atomic E-state index is 12.3. The van der Waals surface area contributed by atoms with Crippen molar-refractivity contribution in [3.8, 4) is 0 Å². The number of hydrogen-bond donors (Lipinski definition) is 2. The fraction of sp³-hybridized carbons (Fsp3) is 0.737. The number of esters is 2. The summed E-state index contributed by atoms with van der Waals surface area (Å²) in [5.74, 6) is -0.925. The average Bonchev–Trinajstić information content (AvgIpc) is 3.04. The molecule has 0 aromatic carbocycles. The monoisotopic (exact) mass is 682 g/mol. The molecule has 2 N–H and O–H groups in total. The summed E-state index contributed by atoms with van der Waals surface area (Å²) >= 11 is 0. The first kappa shape index (κ1) is 45.0. The molecule has 0 aliphatic carbocycles. The van der Waals surface area contributed by atoms with Crippen LogP contribution >= 0.6 is 7.82 Å². The van der Waals surface area contributed by atoms with Crippen LogP contribution in [0.4, 0.5) is 0 Å². The van der Waals surface area contributed by atoms with Gasteiger partial charge in [-0.25, -0.2) is 4.57 Å². The van der Waals surface area contributed by atoms with Crippen molar-refractivity contribution in [2.24, 2.45) is 0 Å². The van der Waals surface area contributed by atoms with Crippen LogP contribution < -0.4 is 0 Å². The van der Waals surface area contributed by atoms with Crippen LogP contribution in [0.5, 0.6) is 0 Å². The molecule has 0 aliphatic rings. The number of carbonyl (C=O) groups excluding carboxylic acids is 2. The van der Waals surface area contributed by atoms with Crippen molar-refractivity contribution >= 4 is 19.8 Å². The molecule has 9 heteroatoms. The SMILES string of the molecule is CCCCC/C=C/C/C=C/C/C=C/C/C=C/CCCCCC(=O)O[C@H](COC(=O)CCCCCCCCCCCC)COP(=O)(O)O. The van der Waals surface area contributed by atoms with Crippen molar-refractivity contribution in [1.29, 1.82) is 0 Å². The number of carbonyl (C=O) groups is 2. The molecule has 0 aromatic heterocycles. The second-order valence-corrected chi connectivity index (χ2v) is 13.4. The smallest absolute Gasteiger partial charge is 0.462 e. The van der Waals surface area contributed by atoms with Gasteiger partial charge in [-0.1, -0.05) is 140 Å². The predicted octanol–water partition coefficient (Wildman–Crippen LogP) is 10.8. The zero-order valence-electron chi connectivity index (χ0n) is 29.7. The lowest BCUT2D eigenvalue weighted by Crippen LogP contribution is -2.29. The summed E-state index contributed by atoms with van der Waals surface area (Å²) in [5, 5.41) is 0. The highest BCUT2D eigenvalue weighted by Gasteiger charge is 2.22. The molecule has 0 radical (unpaired) electrons. The van der Waals surface area contributed by atoms with E-state index in [0.29, 0.717) is 6.42 Å². The fourth-order valence-electron chi connectivity index (χ4n) is 4.83. The molecule has 47 heavy (non-hydrogen) atoms. The van der Waals surface area contributed by atoms with Gasteiger partial charge in [0.15, 0.2) is 6.10 Å². The molecule has 0 saturated carbocycles. The summed E-state index contributed by atoms with van der Waals surface area (Å²) in [5.41, 5.74) is 0. The van der Waals surface area contributed by atoms with Crippen LogP contribution in [0.15, 0.2) is 48.6 Å². The number of hydrogen-bond acceptors (Lipinski definition) is 6. The largest absolute Gasteiger partial charge is 0.469 e. The normalized spacial score (nSPS) is 13.0. The lowest BCUT2D eigenvalue weighted by atomic mass is 10.1. The van der Waals surface area contributed by atoms with E-state index in [1.165, 1.54) is 70.6 Å².